The first kappa shape index (κ1) is 18.2. The Morgan fingerprint density at radius 3 is 2.77 bits per heavy atom. The molecule has 0 aromatic heterocycles. The first-order chi connectivity index (χ1) is 12.5. The summed E-state index contributed by atoms with van der Waals surface area (Å²) in [4.78, 5) is 24.9. The molecule has 3 rings (SSSR count). The number of nitro groups is 1. The van der Waals surface area contributed by atoms with Crippen molar-refractivity contribution in [1.29, 1.82) is 0 Å². The van der Waals surface area contributed by atoms with E-state index in [0.717, 1.165) is 29.7 Å². The summed E-state index contributed by atoms with van der Waals surface area (Å²) in [5.74, 6) is -0.350. The second-order valence-electron chi connectivity index (χ2n) is 6.09. The molecule has 2 N–H and O–H groups in total. The first-order valence-corrected chi connectivity index (χ1v) is 9.05. The highest BCUT2D eigenvalue weighted by Crippen LogP contribution is 2.30. The fourth-order valence-electron chi connectivity index (χ4n) is 3.12. The van der Waals surface area contributed by atoms with Gasteiger partial charge in [0.1, 0.15) is 0 Å². The number of nitrogens with one attached hydrogen (secondary N) is 2. The van der Waals surface area contributed by atoms with E-state index in [4.69, 9.17) is 0 Å². The van der Waals surface area contributed by atoms with Crippen LogP contribution < -0.4 is 15.5 Å². The largest absolute Gasteiger partial charge is 0.380 e. The highest BCUT2D eigenvalue weighted by Gasteiger charge is 2.25. The zero-order valence-corrected chi connectivity index (χ0v) is 15.8. The lowest BCUT2D eigenvalue weighted by molar-refractivity contribution is -0.384. The molecule has 2 aromatic carbocycles. The van der Waals surface area contributed by atoms with E-state index in [2.05, 4.69) is 37.5 Å². The SMILES string of the molecule is CNC(=O)c1cc([N+](=O)[O-])ccc1NC1CCN(c2ccccc2Br)C1. The Hall–Kier alpha value is -2.61. The molecule has 2 aromatic rings. The van der Waals surface area contributed by atoms with Crippen LogP contribution in [0.2, 0.25) is 0 Å². The Labute approximate surface area is 159 Å². The molecule has 1 atom stereocenters. The minimum absolute atomic E-state index is 0.101. The number of anilines is 2. The number of nitrogens with zero attached hydrogens (tertiary/aromatic N) is 2. The quantitative estimate of drug-likeness (QED) is 0.573. The number of carbonyl (C=O) groups is 1. The third-order valence-electron chi connectivity index (χ3n) is 4.43. The number of carbonyl (C=O) groups excluding carboxylic acids is 1. The average Bonchev–Trinajstić information content (AvgIpc) is 3.09. The van der Waals surface area contributed by atoms with Gasteiger partial charge in [-0.25, -0.2) is 0 Å². The third kappa shape index (κ3) is 3.80. The van der Waals surface area contributed by atoms with Gasteiger partial charge < -0.3 is 15.5 Å². The van der Waals surface area contributed by atoms with E-state index < -0.39 is 4.92 Å². The lowest BCUT2D eigenvalue weighted by atomic mass is 10.1. The summed E-state index contributed by atoms with van der Waals surface area (Å²) in [5.41, 5.74) is 1.91. The molecule has 0 spiro atoms. The van der Waals surface area contributed by atoms with Crippen molar-refractivity contribution < 1.29 is 9.72 Å². The zero-order valence-electron chi connectivity index (χ0n) is 14.2. The molecule has 0 aliphatic carbocycles. The van der Waals surface area contributed by atoms with Gasteiger partial charge in [-0.1, -0.05) is 12.1 Å². The number of hydrogen-bond acceptors (Lipinski definition) is 5. The molecule has 1 amide bonds. The number of benzene rings is 2. The van der Waals surface area contributed by atoms with Crippen molar-refractivity contribution >= 4 is 38.9 Å². The van der Waals surface area contributed by atoms with Crippen LogP contribution in [0.4, 0.5) is 17.1 Å². The minimum atomic E-state index is -0.500. The van der Waals surface area contributed by atoms with Crippen LogP contribution in [0.15, 0.2) is 46.9 Å². The van der Waals surface area contributed by atoms with Crippen LogP contribution in [0, 0.1) is 10.1 Å². The molecule has 7 nitrogen and oxygen atoms in total. The van der Waals surface area contributed by atoms with Gasteiger partial charge in [-0.2, -0.15) is 0 Å². The Balaban J connectivity index is 1.78. The van der Waals surface area contributed by atoms with E-state index in [-0.39, 0.29) is 23.2 Å². The molecular weight excluding hydrogens is 400 g/mol. The van der Waals surface area contributed by atoms with Crippen molar-refractivity contribution in [2.24, 2.45) is 0 Å². The van der Waals surface area contributed by atoms with Gasteiger partial charge >= 0.3 is 0 Å². The fourth-order valence-corrected chi connectivity index (χ4v) is 3.65. The summed E-state index contributed by atoms with van der Waals surface area (Å²) < 4.78 is 1.04. The van der Waals surface area contributed by atoms with Crippen LogP contribution >= 0.6 is 15.9 Å². The molecule has 8 heteroatoms. The maximum absolute atomic E-state index is 12.1. The van der Waals surface area contributed by atoms with Crippen molar-refractivity contribution in [2.45, 2.75) is 12.5 Å². The Bertz CT molecular complexity index is 843. The number of non-ortho nitro benzene ring substituents is 1. The average molecular weight is 419 g/mol. The highest BCUT2D eigenvalue weighted by atomic mass is 79.9. The lowest BCUT2D eigenvalue weighted by Gasteiger charge is -2.21. The number of para-hydroxylation sites is 1. The number of nitro benzene ring substituents is 1. The van der Waals surface area contributed by atoms with Crippen molar-refractivity contribution in [3.63, 3.8) is 0 Å². The van der Waals surface area contributed by atoms with Crippen LogP contribution in [0.3, 0.4) is 0 Å². The fraction of sp³-hybridized carbons (Fsp3) is 0.278. The van der Waals surface area contributed by atoms with Crippen molar-refractivity contribution in [3.05, 3.63) is 62.6 Å². The van der Waals surface area contributed by atoms with Crippen LogP contribution in [0.25, 0.3) is 0 Å². The van der Waals surface area contributed by atoms with Crippen LogP contribution in [0.5, 0.6) is 0 Å². The summed E-state index contributed by atoms with van der Waals surface area (Å²) in [6.45, 7) is 1.68. The molecule has 0 bridgehead atoms. The lowest BCUT2D eigenvalue weighted by Crippen LogP contribution is -2.28. The van der Waals surface area contributed by atoms with Crippen LogP contribution in [-0.4, -0.2) is 37.0 Å². The standard InChI is InChI=1S/C18H19BrN4O3/c1-20-18(24)14-10-13(23(25)26)6-7-16(14)21-12-8-9-22(11-12)17-5-3-2-4-15(17)19/h2-7,10,12,21H,8-9,11H2,1H3,(H,20,24). The molecule has 1 heterocycles. The second-order valence-corrected chi connectivity index (χ2v) is 6.95. The molecular formula is C18H19BrN4O3. The second kappa shape index (κ2) is 7.74. The predicted molar refractivity (Wildman–Crippen MR) is 105 cm³/mol. The zero-order chi connectivity index (χ0) is 18.7. The molecule has 1 unspecified atom stereocenters. The summed E-state index contributed by atoms with van der Waals surface area (Å²) in [6, 6.07) is 12.5. The summed E-state index contributed by atoms with van der Waals surface area (Å²) in [5, 5.41) is 16.9. The molecule has 26 heavy (non-hydrogen) atoms. The monoisotopic (exact) mass is 418 g/mol. The summed E-state index contributed by atoms with van der Waals surface area (Å²) >= 11 is 3.58. The smallest absolute Gasteiger partial charge is 0.270 e. The van der Waals surface area contributed by atoms with E-state index in [1.165, 1.54) is 19.2 Å². The minimum Gasteiger partial charge on any atom is -0.380 e. The predicted octanol–water partition coefficient (Wildman–Crippen LogP) is 3.41. The normalized spacial score (nSPS) is 16.4. The van der Waals surface area contributed by atoms with E-state index in [0.29, 0.717) is 5.69 Å². The third-order valence-corrected chi connectivity index (χ3v) is 5.10. The van der Waals surface area contributed by atoms with Gasteiger partial charge in [-0.15, -0.1) is 0 Å². The first-order valence-electron chi connectivity index (χ1n) is 8.26. The number of rotatable bonds is 5. The molecule has 1 aliphatic rings. The number of amides is 1. The van der Waals surface area contributed by atoms with Gasteiger partial charge in [0.2, 0.25) is 0 Å². The molecule has 1 fully saturated rings. The summed E-state index contributed by atoms with van der Waals surface area (Å²) in [6.07, 6.45) is 0.908. The van der Waals surface area contributed by atoms with E-state index in [1.54, 1.807) is 6.07 Å². The van der Waals surface area contributed by atoms with E-state index in [1.807, 2.05) is 18.2 Å². The maximum Gasteiger partial charge on any atom is 0.270 e. The van der Waals surface area contributed by atoms with Crippen LogP contribution in [0.1, 0.15) is 16.8 Å². The molecule has 1 saturated heterocycles. The highest BCUT2D eigenvalue weighted by molar-refractivity contribution is 9.10. The number of hydrogen-bond donors (Lipinski definition) is 2. The Kier molecular flexibility index (Phi) is 5.41. The van der Waals surface area contributed by atoms with E-state index in [9.17, 15) is 14.9 Å². The van der Waals surface area contributed by atoms with Gasteiger partial charge in [0, 0.05) is 48.5 Å². The number of halogens is 1. The van der Waals surface area contributed by atoms with Gasteiger partial charge in [0.05, 0.1) is 16.2 Å². The molecule has 1 aliphatic heterocycles. The Morgan fingerprint density at radius 2 is 2.08 bits per heavy atom. The maximum atomic E-state index is 12.1. The van der Waals surface area contributed by atoms with Crippen molar-refractivity contribution in [2.75, 3.05) is 30.4 Å². The van der Waals surface area contributed by atoms with Crippen molar-refractivity contribution in [1.82, 2.24) is 5.32 Å². The van der Waals surface area contributed by atoms with Gasteiger partial charge in [0.15, 0.2) is 0 Å². The summed E-state index contributed by atoms with van der Waals surface area (Å²) in [7, 11) is 1.51. The van der Waals surface area contributed by atoms with E-state index >= 15 is 0 Å². The Morgan fingerprint density at radius 1 is 1.31 bits per heavy atom. The topological polar surface area (TPSA) is 87.5 Å². The molecule has 0 radical (unpaired) electrons. The molecule has 136 valence electrons. The van der Waals surface area contributed by atoms with Gasteiger partial charge in [0.25, 0.3) is 11.6 Å². The van der Waals surface area contributed by atoms with Gasteiger partial charge in [-0.3, -0.25) is 14.9 Å². The van der Waals surface area contributed by atoms with Gasteiger partial charge in [-0.05, 0) is 40.5 Å². The van der Waals surface area contributed by atoms with Crippen molar-refractivity contribution in [3.8, 4) is 0 Å². The molecule has 0 saturated carbocycles. The van der Waals surface area contributed by atoms with Crippen LogP contribution in [-0.2, 0) is 0 Å².